The number of hydrogen-bond donors (Lipinski definition) is 0. The standard InChI is InChI=1S/C33H34N4O3.Mg/c1-9-19-16(5)22-11-21-14(3)15(4)30(36-21)28-29(33(39)40-8)32(38)27-18(7)24(37-31(27)28)13-26-20(10-2)17(6)23(35-26)12-25(19)34-22;/h9,11-15,30H,1,10H2,2-8H3,(H2-2,34,35,36,37,38,39);/q-2;+2/p-2/t14-,15-,30?;/m0./s1. The Morgan fingerprint density at radius 2 is 1.66 bits per heavy atom. The molecule has 0 spiro atoms. The van der Waals surface area contributed by atoms with Crippen molar-refractivity contribution >= 4 is 64.7 Å². The first kappa shape index (κ1) is 29.0. The van der Waals surface area contributed by atoms with Gasteiger partial charge in [-0.15, -0.1) is 33.5 Å². The monoisotopic (exact) mass is 556 g/mol. The van der Waals surface area contributed by atoms with E-state index in [0.29, 0.717) is 22.5 Å². The van der Waals surface area contributed by atoms with Crippen molar-refractivity contribution in [1.29, 1.82) is 0 Å². The van der Waals surface area contributed by atoms with Crippen molar-refractivity contribution in [2.24, 2.45) is 11.8 Å². The van der Waals surface area contributed by atoms with E-state index in [4.69, 9.17) is 25.0 Å². The molecular weight excluding hydrogens is 525 g/mol. The van der Waals surface area contributed by atoms with Gasteiger partial charge in [0.25, 0.3) is 0 Å². The molecule has 41 heavy (non-hydrogen) atoms. The van der Waals surface area contributed by atoms with Crippen LogP contribution in [-0.4, -0.2) is 48.0 Å². The summed E-state index contributed by atoms with van der Waals surface area (Å²) in [6.07, 6.45) is 8.65. The molecule has 206 valence electrons. The molecule has 3 aromatic heterocycles. The van der Waals surface area contributed by atoms with Crippen LogP contribution in [0.3, 0.4) is 0 Å². The summed E-state index contributed by atoms with van der Waals surface area (Å²) in [7, 11) is 1.30. The summed E-state index contributed by atoms with van der Waals surface area (Å²) in [5, 5.41) is 6.79. The number of methoxy groups -OCH3 is 1. The maximum Gasteiger partial charge on any atom is 2.00 e. The van der Waals surface area contributed by atoms with Crippen molar-refractivity contribution in [3.05, 3.63) is 90.0 Å². The number of nitrogens with zero attached hydrogens (tertiary/aromatic N) is 4. The molecule has 1 saturated heterocycles. The predicted octanol–water partition coefficient (Wildman–Crippen LogP) is 3.47. The predicted molar refractivity (Wildman–Crippen MR) is 162 cm³/mol. The summed E-state index contributed by atoms with van der Waals surface area (Å²) < 4.78 is 5.09. The number of esters is 1. The summed E-state index contributed by atoms with van der Waals surface area (Å²) in [5.74, 6) is -0.911. The van der Waals surface area contributed by atoms with Gasteiger partial charge in [0.15, 0.2) is 5.78 Å². The summed E-state index contributed by atoms with van der Waals surface area (Å²) in [6, 6.07) is -0.423. The number of carbonyl (C=O) groups is 2. The van der Waals surface area contributed by atoms with Gasteiger partial charge in [-0.1, -0.05) is 85.5 Å². The van der Waals surface area contributed by atoms with Crippen LogP contribution < -0.4 is 25.7 Å². The summed E-state index contributed by atoms with van der Waals surface area (Å²) in [4.78, 5) is 41.7. The molecule has 1 aliphatic carbocycles. The van der Waals surface area contributed by atoms with Crippen LogP contribution in [0.5, 0.6) is 0 Å². The van der Waals surface area contributed by atoms with E-state index in [2.05, 4.69) is 34.3 Å². The Kier molecular flexibility index (Phi) is 7.36. The molecule has 0 radical (unpaired) electrons. The summed E-state index contributed by atoms with van der Waals surface area (Å²) in [5.41, 5.74) is 9.72. The second-order valence-electron chi connectivity index (χ2n) is 11.0. The minimum atomic E-state index is -0.652. The maximum atomic E-state index is 13.8. The van der Waals surface area contributed by atoms with E-state index in [1.165, 1.54) is 7.11 Å². The molecule has 5 heterocycles. The fraction of sp³-hybridized carbons (Fsp3) is 0.333. The number of Topliss-reactive ketones (excluding diaryl/α,β-unsaturated/α-hetero) is 1. The molecule has 6 rings (SSSR count). The fourth-order valence-corrected chi connectivity index (χ4v) is 6.42. The molecule has 0 amide bonds. The van der Waals surface area contributed by atoms with E-state index in [9.17, 15) is 9.59 Å². The van der Waals surface area contributed by atoms with E-state index in [1.54, 1.807) is 0 Å². The first-order valence-corrected chi connectivity index (χ1v) is 13.7. The Morgan fingerprint density at radius 1 is 0.976 bits per heavy atom. The largest absolute Gasteiger partial charge is 2.00 e. The fourth-order valence-electron chi connectivity index (χ4n) is 6.42. The zero-order valence-corrected chi connectivity index (χ0v) is 26.1. The Bertz CT molecular complexity index is 1830. The second-order valence-corrected chi connectivity index (χ2v) is 11.0. The molecule has 7 nitrogen and oxygen atoms in total. The Labute approximate surface area is 256 Å². The van der Waals surface area contributed by atoms with Crippen molar-refractivity contribution in [2.45, 2.75) is 54.0 Å². The van der Waals surface area contributed by atoms with Crippen LogP contribution in [0.2, 0.25) is 0 Å². The number of ether oxygens (including phenoxy) is 1. The first-order valence-electron chi connectivity index (χ1n) is 13.7. The molecule has 8 bridgehead atoms. The smallest absolute Gasteiger partial charge is 0.681 e. The van der Waals surface area contributed by atoms with Crippen molar-refractivity contribution in [3.8, 4) is 0 Å². The van der Waals surface area contributed by atoms with Gasteiger partial charge in [0.2, 0.25) is 0 Å². The van der Waals surface area contributed by atoms with Crippen LogP contribution in [0.15, 0.2) is 17.8 Å². The number of aromatic nitrogens is 3. The molecular formula is C33H32MgN4O3-2. The van der Waals surface area contributed by atoms with Gasteiger partial charge in [-0.3, -0.25) is 4.79 Å². The molecule has 1 fully saturated rings. The van der Waals surface area contributed by atoms with Crippen molar-refractivity contribution in [3.63, 3.8) is 0 Å². The average molecular weight is 557 g/mol. The van der Waals surface area contributed by atoms with Crippen LogP contribution >= 0.6 is 0 Å². The number of fused-ring (bicyclic) bond motifs is 8. The number of hydrogen-bond acceptors (Lipinski definition) is 3. The molecule has 3 aliphatic rings. The van der Waals surface area contributed by atoms with Gasteiger partial charge in [0.1, 0.15) is 5.57 Å². The van der Waals surface area contributed by atoms with Gasteiger partial charge in [-0.05, 0) is 44.6 Å². The number of ketones is 1. The molecule has 3 aromatic rings. The van der Waals surface area contributed by atoms with Gasteiger partial charge < -0.3 is 25.0 Å². The third-order valence-corrected chi connectivity index (χ3v) is 9.01. The zero-order valence-electron chi connectivity index (χ0n) is 24.7. The van der Waals surface area contributed by atoms with Gasteiger partial charge >= 0.3 is 29.0 Å². The molecule has 1 unspecified atom stereocenters. The molecule has 3 atom stereocenters. The average Bonchev–Trinajstić information content (AvgIpc) is 3.66. The normalized spacial score (nSPS) is 23.5. The maximum absolute atomic E-state index is 13.8. The Hall–Kier alpha value is -3.49. The number of carbonyl (C=O) groups excluding carboxylic acids is 2. The minimum Gasteiger partial charge on any atom is -0.681 e. The van der Waals surface area contributed by atoms with Crippen LogP contribution in [0, 0.1) is 32.6 Å². The SMILES string of the molecule is C=Cc1c2[n-]c(c1C)/C=C1\[N-]C(C3=C(C(=O)OC)C(=O)c4c3[n-]c(c4C)/C=c3\[n-]/c(c(C)c3CC)=C\2)[C@@H](C)[C@@H]1C.[Mg+2]. The van der Waals surface area contributed by atoms with Crippen molar-refractivity contribution < 1.29 is 14.3 Å². The number of allylic oxidation sites excluding steroid dienone is 1. The Morgan fingerprint density at radius 3 is 2.32 bits per heavy atom. The summed E-state index contributed by atoms with van der Waals surface area (Å²) >= 11 is 0. The second kappa shape index (κ2) is 10.4. The molecule has 0 N–H and O–H groups in total. The van der Waals surface area contributed by atoms with Crippen molar-refractivity contribution in [1.82, 2.24) is 15.0 Å². The molecule has 0 aromatic carbocycles. The van der Waals surface area contributed by atoms with E-state index >= 15 is 0 Å². The van der Waals surface area contributed by atoms with Gasteiger partial charge in [-0.25, -0.2) is 4.79 Å². The third-order valence-electron chi connectivity index (χ3n) is 9.01. The van der Waals surface area contributed by atoms with Crippen LogP contribution in [0.25, 0.3) is 35.2 Å². The van der Waals surface area contributed by atoms with Crippen LogP contribution in [0.4, 0.5) is 0 Å². The van der Waals surface area contributed by atoms with E-state index < -0.39 is 12.0 Å². The van der Waals surface area contributed by atoms with Crippen LogP contribution in [-0.2, 0) is 16.0 Å². The van der Waals surface area contributed by atoms with Crippen LogP contribution in [0.1, 0.15) is 81.7 Å². The molecule has 0 saturated carbocycles. The van der Waals surface area contributed by atoms with E-state index in [0.717, 1.165) is 62.0 Å². The van der Waals surface area contributed by atoms with Gasteiger partial charge in [0, 0.05) is 5.56 Å². The topological polar surface area (TPSA) is 99.8 Å². The van der Waals surface area contributed by atoms with E-state index in [-0.39, 0.29) is 46.2 Å². The first-order chi connectivity index (χ1) is 19.1. The Balaban J connectivity index is 0.00000337. The van der Waals surface area contributed by atoms with Gasteiger partial charge in [0.05, 0.1) is 7.11 Å². The quantitative estimate of drug-likeness (QED) is 0.278. The van der Waals surface area contributed by atoms with E-state index in [1.807, 2.05) is 38.2 Å². The third kappa shape index (κ3) is 4.14. The number of rotatable bonds is 3. The minimum absolute atomic E-state index is 0. The molecule has 8 heteroatoms. The summed E-state index contributed by atoms with van der Waals surface area (Å²) in [6.45, 7) is 16.4. The zero-order chi connectivity index (χ0) is 28.6. The molecule has 2 aliphatic heterocycles. The van der Waals surface area contributed by atoms with Crippen molar-refractivity contribution in [2.75, 3.05) is 7.11 Å². The van der Waals surface area contributed by atoms with Gasteiger partial charge in [-0.2, -0.15) is 5.70 Å².